The van der Waals surface area contributed by atoms with Crippen molar-refractivity contribution in [3.8, 4) is 0 Å². The third-order valence-corrected chi connectivity index (χ3v) is 3.57. The van der Waals surface area contributed by atoms with Crippen LogP contribution in [0, 0.1) is 6.92 Å². The van der Waals surface area contributed by atoms with E-state index in [-0.39, 0.29) is 11.8 Å². The van der Waals surface area contributed by atoms with Crippen molar-refractivity contribution in [2.75, 3.05) is 26.2 Å². The van der Waals surface area contributed by atoms with Crippen LogP contribution in [-0.2, 0) is 16.0 Å². The summed E-state index contributed by atoms with van der Waals surface area (Å²) in [4.78, 5) is 27.5. The molecule has 0 aliphatic carbocycles. The highest BCUT2D eigenvalue weighted by atomic mass is 16.4. The Balaban J connectivity index is 1.74. The van der Waals surface area contributed by atoms with Gasteiger partial charge in [-0.2, -0.15) is 0 Å². The SMILES string of the molecule is CCCC(=O)N1CCN(C(=O)CCc2nnc(C)o2)CC1. The number of carbonyl (C=O) groups excluding carboxylic acids is 2. The number of piperazine rings is 1. The lowest BCUT2D eigenvalue weighted by Crippen LogP contribution is -2.50. The van der Waals surface area contributed by atoms with Gasteiger partial charge in [-0.05, 0) is 6.42 Å². The van der Waals surface area contributed by atoms with Gasteiger partial charge in [0.1, 0.15) is 0 Å². The molecule has 7 nitrogen and oxygen atoms in total. The third kappa shape index (κ3) is 4.27. The van der Waals surface area contributed by atoms with Crippen LogP contribution in [0.25, 0.3) is 0 Å². The van der Waals surface area contributed by atoms with Crippen molar-refractivity contribution in [3.63, 3.8) is 0 Å². The summed E-state index contributed by atoms with van der Waals surface area (Å²) in [6.45, 7) is 6.20. The van der Waals surface area contributed by atoms with E-state index in [1.54, 1.807) is 11.8 Å². The lowest BCUT2D eigenvalue weighted by Gasteiger charge is -2.34. The predicted octanol–water partition coefficient (Wildman–Crippen LogP) is 0.782. The van der Waals surface area contributed by atoms with Gasteiger partial charge in [0.2, 0.25) is 23.6 Å². The molecule has 0 bridgehead atoms. The normalized spacial score (nSPS) is 15.3. The number of amides is 2. The second-order valence-electron chi connectivity index (χ2n) is 5.23. The molecule has 1 aliphatic heterocycles. The van der Waals surface area contributed by atoms with Gasteiger partial charge in [-0.1, -0.05) is 6.92 Å². The van der Waals surface area contributed by atoms with E-state index in [2.05, 4.69) is 10.2 Å². The molecule has 0 unspecified atom stereocenters. The van der Waals surface area contributed by atoms with E-state index in [1.165, 1.54) is 0 Å². The molecule has 1 aromatic heterocycles. The highest BCUT2D eigenvalue weighted by molar-refractivity contribution is 5.78. The average Bonchev–Trinajstić information content (AvgIpc) is 2.91. The van der Waals surface area contributed by atoms with Crippen molar-refractivity contribution < 1.29 is 14.0 Å². The van der Waals surface area contributed by atoms with E-state index in [0.29, 0.717) is 57.2 Å². The molecule has 0 atom stereocenters. The molecule has 2 heterocycles. The van der Waals surface area contributed by atoms with Crippen LogP contribution in [-0.4, -0.2) is 58.0 Å². The van der Waals surface area contributed by atoms with Crippen molar-refractivity contribution in [2.24, 2.45) is 0 Å². The van der Waals surface area contributed by atoms with Gasteiger partial charge in [0.05, 0.1) is 0 Å². The maximum atomic E-state index is 12.1. The summed E-state index contributed by atoms with van der Waals surface area (Å²) in [5.41, 5.74) is 0. The van der Waals surface area contributed by atoms with Gasteiger partial charge in [-0.25, -0.2) is 0 Å². The second kappa shape index (κ2) is 7.19. The molecule has 0 aromatic carbocycles. The maximum absolute atomic E-state index is 12.1. The predicted molar refractivity (Wildman–Crippen MR) is 75.4 cm³/mol. The van der Waals surface area contributed by atoms with E-state index in [0.717, 1.165) is 6.42 Å². The molecule has 0 spiro atoms. The molecule has 1 saturated heterocycles. The van der Waals surface area contributed by atoms with E-state index in [1.807, 2.05) is 11.8 Å². The highest BCUT2D eigenvalue weighted by Gasteiger charge is 2.23. The van der Waals surface area contributed by atoms with Crippen molar-refractivity contribution in [1.29, 1.82) is 0 Å². The summed E-state index contributed by atoms with van der Waals surface area (Å²) in [6, 6.07) is 0. The Morgan fingerprint density at radius 2 is 1.62 bits per heavy atom. The summed E-state index contributed by atoms with van der Waals surface area (Å²) in [5, 5.41) is 7.62. The summed E-state index contributed by atoms with van der Waals surface area (Å²) in [5.74, 6) is 1.28. The minimum Gasteiger partial charge on any atom is -0.426 e. The van der Waals surface area contributed by atoms with E-state index >= 15 is 0 Å². The first-order chi connectivity index (χ1) is 10.1. The minimum absolute atomic E-state index is 0.0773. The number of hydrogen-bond acceptors (Lipinski definition) is 5. The standard InChI is InChI=1S/C14H22N4O3/c1-3-4-13(19)17-7-9-18(10-8-17)14(20)6-5-12-16-15-11(2)21-12/h3-10H2,1-2H3. The largest absolute Gasteiger partial charge is 0.426 e. The smallest absolute Gasteiger partial charge is 0.223 e. The Morgan fingerprint density at radius 1 is 1.05 bits per heavy atom. The second-order valence-corrected chi connectivity index (χ2v) is 5.23. The molecule has 2 rings (SSSR count). The van der Waals surface area contributed by atoms with Crippen LogP contribution in [0.2, 0.25) is 0 Å². The monoisotopic (exact) mass is 294 g/mol. The molecular weight excluding hydrogens is 272 g/mol. The Labute approximate surface area is 124 Å². The van der Waals surface area contributed by atoms with Crippen LogP contribution in [0.1, 0.15) is 38.0 Å². The first-order valence-corrected chi connectivity index (χ1v) is 7.44. The van der Waals surface area contributed by atoms with Crippen LogP contribution < -0.4 is 0 Å². The van der Waals surface area contributed by atoms with Crippen LogP contribution >= 0.6 is 0 Å². The van der Waals surface area contributed by atoms with Gasteiger partial charge in [-0.3, -0.25) is 9.59 Å². The molecule has 2 amide bonds. The lowest BCUT2D eigenvalue weighted by molar-refractivity contribution is -0.139. The van der Waals surface area contributed by atoms with E-state index in [4.69, 9.17) is 4.42 Å². The summed E-state index contributed by atoms with van der Waals surface area (Å²) < 4.78 is 5.25. The fraction of sp³-hybridized carbons (Fsp3) is 0.714. The number of rotatable bonds is 5. The quantitative estimate of drug-likeness (QED) is 0.802. The lowest BCUT2D eigenvalue weighted by atomic mass is 10.2. The molecule has 21 heavy (non-hydrogen) atoms. The van der Waals surface area contributed by atoms with Crippen LogP contribution in [0.5, 0.6) is 0 Å². The van der Waals surface area contributed by atoms with Gasteiger partial charge >= 0.3 is 0 Å². The Morgan fingerprint density at radius 3 is 2.10 bits per heavy atom. The summed E-state index contributed by atoms with van der Waals surface area (Å²) >= 11 is 0. The molecule has 1 fully saturated rings. The Hall–Kier alpha value is -1.92. The fourth-order valence-corrected chi connectivity index (χ4v) is 2.39. The first kappa shape index (κ1) is 15.5. The highest BCUT2D eigenvalue weighted by Crippen LogP contribution is 2.08. The molecule has 0 N–H and O–H groups in total. The van der Waals surface area contributed by atoms with Gasteiger partial charge in [0, 0.05) is 52.4 Å². The van der Waals surface area contributed by atoms with Gasteiger partial charge < -0.3 is 14.2 Å². The summed E-state index contributed by atoms with van der Waals surface area (Å²) in [6.07, 6.45) is 2.28. The first-order valence-electron chi connectivity index (χ1n) is 7.44. The number of aromatic nitrogens is 2. The van der Waals surface area contributed by atoms with Crippen molar-refractivity contribution in [2.45, 2.75) is 39.5 Å². The van der Waals surface area contributed by atoms with Crippen molar-refractivity contribution in [3.05, 3.63) is 11.8 Å². The zero-order valence-electron chi connectivity index (χ0n) is 12.7. The van der Waals surface area contributed by atoms with Crippen LogP contribution in [0.4, 0.5) is 0 Å². The average molecular weight is 294 g/mol. The van der Waals surface area contributed by atoms with E-state index in [9.17, 15) is 9.59 Å². The molecule has 116 valence electrons. The minimum atomic E-state index is 0.0773. The third-order valence-electron chi connectivity index (χ3n) is 3.57. The zero-order chi connectivity index (χ0) is 15.2. The number of carbonyl (C=O) groups is 2. The topological polar surface area (TPSA) is 79.5 Å². The molecule has 0 radical (unpaired) electrons. The van der Waals surface area contributed by atoms with Gasteiger partial charge in [-0.15, -0.1) is 10.2 Å². The molecule has 0 saturated carbocycles. The molecule has 1 aromatic rings. The van der Waals surface area contributed by atoms with Crippen LogP contribution in [0.15, 0.2) is 4.42 Å². The molecule has 7 heteroatoms. The summed E-state index contributed by atoms with van der Waals surface area (Å²) in [7, 11) is 0. The molecule has 1 aliphatic rings. The van der Waals surface area contributed by atoms with Gasteiger partial charge in [0.15, 0.2) is 0 Å². The van der Waals surface area contributed by atoms with Gasteiger partial charge in [0.25, 0.3) is 0 Å². The Kier molecular flexibility index (Phi) is 5.30. The van der Waals surface area contributed by atoms with E-state index < -0.39 is 0 Å². The van der Waals surface area contributed by atoms with Crippen molar-refractivity contribution >= 4 is 11.8 Å². The maximum Gasteiger partial charge on any atom is 0.223 e. The van der Waals surface area contributed by atoms with Crippen LogP contribution in [0.3, 0.4) is 0 Å². The fourth-order valence-electron chi connectivity index (χ4n) is 2.39. The number of nitrogens with zero attached hydrogens (tertiary/aromatic N) is 4. The number of aryl methyl sites for hydroxylation is 2. The Bertz CT molecular complexity index is 492. The molecular formula is C14H22N4O3. The zero-order valence-corrected chi connectivity index (χ0v) is 12.7. The number of hydrogen-bond donors (Lipinski definition) is 0. The van der Waals surface area contributed by atoms with Crippen molar-refractivity contribution in [1.82, 2.24) is 20.0 Å².